The SMILES string of the molecule is CC(C)C(=O)N1C=C(c2ccccc2)N(CC(=O)N[C@@H](Cc2ccccc2)C(=O)C2=NC(C)(C)CO2)C(=O)[C@H]1C(C)C. The summed E-state index contributed by atoms with van der Waals surface area (Å²) in [4.78, 5) is 61.7. The second-order valence-corrected chi connectivity index (χ2v) is 12.1. The second kappa shape index (κ2) is 12.7. The fourth-order valence-electron chi connectivity index (χ4n) is 5.09. The number of hydrogen-bond acceptors (Lipinski definition) is 6. The van der Waals surface area contributed by atoms with Crippen molar-refractivity contribution in [3.8, 4) is 0 Å². The van der Waals surface area contributed by atoms with Gasteiger partial charge in [0.25, 0.3) is 11.8 Å². The van der Waals surface area contributed by atoms with Crippen molar-refractivity contribution in [3.63, 3.8) is 0 Å². The molecule has 222 valence electrons. The van der Waals surface area contributed by atoms with E-state index in [0.717, 1.165) is 5.56 Å². The van der Waals surface area contributed by atoms with Crippen LogP contribution in [0, 0.1) is 11.8 Å². The largest absolute Gasteiger partial charge is 0.473 e. The standard InChI is InChI=1S/C33H40N4O5/c1-21(2)28-32(41)36(26(24-15-11-8-12-16-24)18-37(28)31(40)22(3)4)19-27(38)34-25(17-23-13-9-7-10-14-23)29(39)30-35-33(5,6)20-42-30/h7-16,18,21-22,25,28H,17,19-20H2,1-6H3,(H,34,38)/t25-,28+/m0/s1. The molecular weight excluding hydrogens is 532 g/mol. The first-order valence-corrected chi connectivity index (χ1v) is 14.4. The van der Waals surface area contributed by atoms with Gasteiger partial charge in [-0.3, -0.25) is 24.1 Å². The lowest BCUT2D eigenvalue weighted by Gasteiger charge is -2.41. The number of carbonyl (C=O) groups excluding carboxylic acids is 4. The Morgan fingerprint density at radius 3 is 2.17 bits per heavy atom. The van der Waals surface area contributed by atoms with E-state index >= 15 is 0 Å². The lowest BCUT2D eigenvalue weighted by atomic mass is 9.95. The number of nitrogens with one attached hydrogen (secondary N) is 1. The number of Topliss-reactive ketones (excluding diaryl/α,β-unsaturated/α-hetero) is 1. The van der Waals surface area contributed by atoms with E-state index in [2.05, 4.69) is 10.3 Å². The first-order valence-electron chi connectivity index (χ1n) is 14.4. The zero-order valence-corrected chi connectivity index (χ0v) is 25.2. The zero-order chi connectivity index (χ0) is 30.6. The molecule has 0 saturated heterocycles. The van der Waals surface area contributed by atoms with Gasteiger partial charge in [-0.15, -0.1) is 0 Å². The number of aliphatic imine (C=N–C) groups is 1. The molecule has 2 aliphatic rings. The Bertz CT molecular complexity index is 1380. The summed E-state index contributed by atoms with van der Waals surface area (Å²) in [6, 6.07) is 16.8. The third-order valence-electron chi connectivity index (χ3n) is 7.23. The van der Waals surface area contributed by atoms with Crippen LogP contribution in [0.15, 0.2) is 71.9 Å². The molecule has 0 aromatic heterocycles. The number of nitrogens with zero attached hydrogens (tertiary/aromatic N) is 3. The van der Waals surface area contributed by atoms with Crippen LogP contribution >= 0.6 is 0 Å². The molecule has 9 heteroatoms. The van der Waals surface area contributed by atoms with E-state index in [4.69, 9.17) is 4.74 Å². The van der Waals surface area contributed by atoms with Gasteiger partial charge < -0.3 is 15.0 Å². The van der Waals surface area contributed by atoms with Gasteiger partial charge in [-0.25, -0.2) is 4.99 Å². The van der Waals surface area contributed by atoms with Crippen molar-refractivity contribution < 1.29 is 23.9 Å². The molecular formula is C33H40N4O5. The smallest absolute Gasteiger partial charge is 0.256 e. The van der Waals surface area contributed by atoms with Crippen LogP contribution in [0.2, 0.25) is 0 Å². The summed E-state index contributed by atoms with van der Waals surface area (Å²) in [7, 11) is 0. The van der Waals surface area contributed by atoms with Gasteiger partial charge in [0, 0.05) is 18.5 Å². The Balaban J connectivity index is 1.66. The molecule has 2 aromatic rings. The summed E-state index contributed by atoms with van der Waals surface area (Å²) in [5.74, 6) is -1.99. The maximum absolute atomic E-state index is 14.0. The van der Waals surface area contributed by atoms with E-state index < -0.39 is 29.3 Å². The molecule has 0 spiro atoms. The van der Waals surface area contributed by atoms with Gasteiger partial charge in [-0.05, 0) is 30.9 Å². The fourth-order valence-corrected chi connectivity index (χ4v) is 5.09. The number of carbonyl (C=O) groups is 4. The molecule has 42 heavy (non-hydrogen) atoms. The molecule has 0 aliphatic carbocycles. The molecule has 2 heterocycles. The predicted molar refractivity (Wildman–Crippen MR) is 161 cm³/mol. The van der Waals surface area contributed by atoms with E-state index in [-0.39, 0.29) is 49.1 Å². The highest BCUT2D eigenvalue weighted by Gasteiger charge is 2.42. The van der Waals surface area contributed by atoms with E-state index in [1.54, 1.807) is 20.0 Å². The van der Waals surface area contributed by atoms with Crippen LogP contribution in [0.5, 0.6) is 0 Å². The molecule has 3 amide bonds. The number of amides is 3. The molecule has 0 radical (unpaired) electrons. The molecule has 0 unspecified atom stereocenters. The number of ether oxygens (including phenoxy) is 1. The highest BCUT2D eigenvalue weighted by molar-refractivity contribution is 6.39. The van der Waals surface area contributed by atoms with Crippen molar-refractivity contribution in [2.45, 2.75) is 65.6 Å². The molecule has 2 aliphatic heterocycles. The molecule has 2 aromatic carbocycles. The number of benzene rings is 2. The number of ketones is 1. The van der Waals surface area contributed by atoms with Crippen molar-refractivity contribution in [1.29, 1.82) is 0 Å². The first kappa shape index (κ1) is 30.7. The van der Waals surface area contributed by atoms with Gasteiger partial charge in [-0.2, -0.15) is 0 Å². The summed E-state index contributed by atoms with van der Waals surface area (Å²) < 4.78 is 5.60. The molecule has 0 fully saturated rings. The van der Waals surface area contributed by atoms with Crippen molar-refractivity contribution in [2.75, 3.05) is 13.2 Å². The lowest BCUT2D eigenvalue weighted by Crippen LogP contribution is -2.57. The van der Waals surface area contributed by atoms with Gasteiger partial charge in [0.05, 0.1) is 11.2 Å². The Morgan fingerprint density at radius 1 is 1.00 bits per heavy atom. The summed E-state index contributed by atoms with van der Waals surface area (Å²) >= 11 is 0. The van der Waals surface area contributed by atoms with Crippen molar-refractivity contribution in [3.05, 3.63) is 78.0 Å². The highest BCUT2D eigenvalue weighted by atomic mass is 16.5. The Kier molecular flexibility index (Phi) is 9.29. The molecule has 0 bridgehead atoms. The van der Waals surface area contributed by atoms with Crippen molar-refractivity contribution in [2.24, 2.45) is 16.8 Å². The van der Waals surface area contributed by atoms with E-state index in [1.807, 2.05) is 88.4 Å². The predicted octanol–water partition coefficient (Wildman–Crippen LogP) is 3.84. The Morgan fingerprint density at radius 2 is 1.62 bits per heavy atom. The normalized spacial score (nSPS) is 18.9. The lowest BCUT2D eigenvalue weighted by molar-refractivity contribution is -0.147. The first-order chi connectivity index (χ1) is 19.9. The van der Waals surface area contributed by atoms with Gasteiger partial charge >= 0.3 is 0 Å². The van der Waals surface area contributed by atoms with Gasteiger partial charge in [-0.1, -0.05) is 88.4 Å². The average molecular weight is 573 g/mol. The summed E-state index contributed by atoms with van der Waals surface area (Å²) in [5, 5.41) is 2.85. The van der Waals surface area contributed by atoms with Gasteiger partial charge in [0.2, 0.25) is 17.6 Å². The quantitative estimate of drug-likeness (QED) is 0.466. The van der Waals surface area contributed by atoms with E-state index in [1.165, 1.54) is 9.80 Å². The van der Waals surface area contributed by atoms with Gasteiger partial charge in [0.15, 0.2) is 0 Å². The number of hydrogen-bond donors (Lipinski definition) is 1. The maximum atomic E-state index is 14.0. The minimum Gasteiger partial charge on any atom is -0.473 e. The molecule has 4 rings (SSSR count). The number of rotatable bonds is 10. The van der Waals surface area contributed by atoms with E-state index in [0.29, 0.717) is 11.3 Å². The Hall–Kier alpha value is -4.27. The Labute approximate surface area is 247 Å². The van der Waals surface area contributed by atoms with Crippen LogP contribution in [-0.4, -0.2) is 70.0 Å². The average Bonchev–Trinajstić information content (AvgIpc) is 3.32. The van der Waals surface area contributed by atoms with Crippen molar-refractivity contribution >= 4 is 35.1 Å². The van der Waals surface area contributed by atoms with Gasteiger partial charge in [0.1, 0.15) is 25.2 Å². The van der Waals surface area contributed by atoms with Crippen LogP contribution in [-0.2, 0) is 30.3 Å². The minimum absolute atomic E-state index is 0.0112. The van der Waals surface area contributed by atoms with Crippen molar-refractivity contribution in [1.82, 2.24) is 15.1 Å². The third-order valence-corrected chi connectivity index (χ3v) is 7.23. The summed E-state index contributed by atoms with van der Waals surface area (Å²) in [5.41, 5.74) is 1.45. The second-order valence-electron chi connectivity index (χ2n) is 12.1. The minimum atomic E-state index is -0.948. The monoisotopic (exact) mass is 572 g/mol. The zero-order valence-electron chi connectivity index (χ0n) is 25.2. The van der Waals surface area contributed by atoms with Crippen LogP contribution in [0.4, 0.5) is 0 Å². The third kappa shape index (κ3) is 6.95. The maximum Gasteiger partial charge on any atom is 0.256 e. The highest BCUT2D eigenvalue weighted by Crippen LogP contribution is 2.31. The van der Waals surface area contributed by atoms with Crippen LogP contribution < -0.4 is 5.32 Å². The molecule has 1 N–H and O–H groups in total. The van der Waals surface area contributed by atoms with Crippen LogP contribution in [0.1, 0.15) is 52.7 Å². The molecule has 2 atom stereocenters. The molecule has 9 nitrogen and oxygen atoms in total. The fraction of sp³-hybridized carbons (Fsp3) is 0.424. The summed E-state index contributed by atoms with van der Waals surface area (Å²) in [6.45, 7) is 11.0. The topological polar surface area (TPSA) is 108 Å². The summed E-state index contributed by atoms with van der Waals surface area (Å²) in [6.07, 6.45) is 1.90. The van der Waals surface area contributed by atoms with E-state index in [9.17, 15) is 19.2 Å². The van der Waals surface area contributed by atoms with Crippen LogP contribution in [0.3, 0.4) is 0 Å². The van der Waals surface area contributed by atoms with Crippen LogP contribution in [0.25, 0.3) is 5.70 Å². The molecule has 0 saturated carbocycles.